The van der Waals surface area contributed by atoms with Gasteiger partial charge in [-0.15, -0.1) is 11.6 Å². The Morgan fingerprint density at radius 2 is 0.935 bits per heavy atom. The number of aromatic carboxylic acids is 1. The van der Waals surface area contributed by atoms with Crippen molar-refractivity contribution in [3.8, 4) is 0 Å². The molecular weight excluding hydrogens is 1850 g/mol. The fourth-order valence-electron chi connectivity index (χ4n) is 15.3. The van der Waals surface area contributed by atoms with Crippen molar-refractivity contribution in [2.45, 2.75) is 211 Å². The monoisotopic (exact) mass is 1960 g/mol. The van der Waals surface area contributed by atoms with Crippen molar-refractivity contribution in [1.82, 2.24) is 49.5 Å². The summed E-state index contributed by atoms with van der Waals surface area (Å²) in [5.41, 5.74) is 5.42. The van der Waals surface area contributed by atoms with Gasteiger partial charge >= 0.3 is 19.2 Å². The minimum absolute atomic E-state index is 0.0114. The average Bonchev–Trinajstić information content (AvgIpc) is 1.53. The molecule has 8 N–H and O–H groups in total. The number of carboxylic acids is 1. The highest BCUT2D eigenvalue weighted by Gasteiger charge is 2.43. The van der Waals surface area contributed by atoms with Crippen LogP contribution in [0.1, 0.15) is 236 Å². The summed E-state index contributed by atoms with van der Waals surface area (Å²) in [5, 5.41) is 37.1. The minimum atomic E-state index is -4.62. The van der Waals surface area contributed by atoms with Crippen molar-refractivity contribution in [1.29, 1.82) is 0 Å². The number of carboxylic acid groups (broad SMARTS) is 1. The number of nitrogens with one attached hydrogen (secondary N) is 3. The molecule has 24 nitrogen and oxygen atoms in total. The molecule has 4 atom stereocenters. The standard InChI is InChI=1S/C41H50F2N6O5S.C24H36N4O2S.C13H9F2NO2.C12H9F2N.C7H7Cl.C5H4BF2NO2/c1-39(2,3)29-19-20-44-32(23-29)31(18-17-27-24-41(7,8)49(25-27)38(51)54-40(4,5)6)45-33-15-12-16-34(46-33)55(52,53)48-37(50)30-22-28(35(42)47-36(30)43)21-26-13-10-9-11-14-26;1-23(2,3)18-12-14-26-20(15-18)19(10-9-17-11-13-24(4,5)16-17)27-21-7-6-8-22(28-21)31(25,29)30;14-11-9(6-8-4-2-1-3-5-8)7-10(13(17)18)12(15)16-11;13-11-7-6-10(12(14)15-11)8-9-4-2-1-3-5-9;8-6-7-4-2-1-3-5-7;7-4-2-1-3(6(10)11)5(8)9-4/h9-16,19-20,22-23,27,31H,17-18,21,24-25H2,1-8H3,(H,45,46)(H,48,50);6-8,12,14-15,17,19H,9-11,13,16H2,1-5H3,(H,27,28)(H2,25,29,30);1-5,7H,6H2,(H,17,18);1-7H,8H2;1-5H,6H2;1-2,10-11H/t27-,31?;17-,19?;;;;/m01..../s1. The van der Waals surface area contributed by atoms with Crippen LogP contribution in [-0.4, -0.2) is 120 Å². The first kappa shape index (κ1) is 109. The number of carbonyl (C=O) groups excluding carboxylic acids is 2. The van der Waals surface area contributed by atoms with Gasteiger partial charge in [-0.3, -0.25) is 14.8 Å². The van der Waals surface area contributed by atoms with Crippen LogP contribution in [0.3, 0.4) is 0 Å². The number of anilines is 2. The van der Waals surface area contributed by atoms with Crippen LogP contribution in [0.5, 0.6) is 0 Å². The van der Waals surface area contributed by atoms with E-state index in [2.05, 4.69) is 118 Å². The van der Waals surface area contributed by atoms with Crippen molar-refractivity contribution in [2.75, 3.05) is 17.2 Å². The van der Waals surface area contributed by atoms with E-state index in [-0.39, 0.29) is 63.7 Å². The van der Waals surface area contributed by atoms with E-state index >= 15 is 0 Å². The van der Waals surface area contributed by atoms with Gasteiger partial charge in [0, 0.05) is 71.8 Å². The number of aromatic nitrogens is 8. The van der Waals surface area contributed by atoms with Crippen LogP contribution in [0.4, 0.5) is 51.6 Å². The third kappa shape index (κ3) is 34.0. The van der Waals surface area contributed by atoms with E-state index < -0.39 is 125 Å². The zero-order valence-corrected chi connectivity index (χ0v) is 81.3. The Labute approximate surface area is 805 Å². The number of sulfonamides is 2. The molecular formula is C102H115BClF8N13O11S2. The third-order valence-electron chi connectivity index (χ3n) is 22.5. The van der Waals surface area contributed by atoms with Gasteiger partial charge in [-0.2, -0.15) is 63.5 Å². The first-order chi connectivity index (χ1) is 64.8. The molecule has 12 aromatic rings. The van der Waals surface area contributed by atoms with Gasteiger partial charge in [0.15, 0.2) is 10.1 Å². The molecule has 0 radical (unpaired) electrons. The van der Waals surface area contributed by atoms with Crippen LogP contribution in [-0.2, 0) is 60.8 Å². The zero-order valence-electron chi connectivity index (χ0n) is 78.9. The molecule has 36 heteroatoms. The molecule has 0 bridgehead atoms. The summed E-state index contributed by atoms with van der Waals surface area (Å²) in [7, 11) is -10.4. The Morgan fingerprint density at radius 1 is 0.507 bits per heavy atom. The lowest BCUT2D eigenvalue weighted by atomic mass is 9.81. The average molecular weight is 1960 g/mol. The number of pyridine rings is 8. The number of halogens is 9. The molecule has 138 heavy (non-hydrogen) atoms. The van der Waals surface area contributed by atoms with Gasteiger partial charge in [0.1, 0.15) is 22.8 Å². The van der Waals surface area contributed by atoms with Crippen LogP contribution in [0.2, 0.25) is 0 Å². The predicted molar refractivity (Wildman–Crippen MR) is 515 cm³/mol. The molecule has 14 rings (SSSR count). The molecule has 4 aromatic carbocycles. The van der Waals surface area contributed by atoms with Gasteiger partial charge in [-0.25, -0.2) is 37.8 Å². The van der Waals surface area contributed by atoms with Crippen molar-refractivity contribution in [2.24, 2.45) is 22.4 Å². The Balaban J connectivity index is 0.000000213. The Hall–Kier alpha value is -12.5. The number of alkyl halides is 1. The van der Waals surface area contributed by atoms with Crippen molar-refractivity contribution >= 4 is 73.8 Å². The summed E-state index contributed by atoms with van der Waals surface area (Å²) in [5.74, 6) is -9.19. The van der Waals surface area contributed by atoms with Crippen LogP contribution >= 0.6 is 11.6 Å². The lowest BCUT2D eigenvalue weighted by Gasteiger charge is -2.33. The van der Waals surface area contributed by atoms with E-state index in [1.807, 2.05) is 124 Å². The number of hydrogen-bond donors (Lipinski definition) is 7. The van der Waals surface area contributed by atoms with E-state index in [9.17, 15) is 66.3 Å². The van der Waals surface area contributed by atoms with Crippen molar-refractivity contribution in [3.63, 3.8) is 0 Å². The van der Waals surface area contributed by atoms with Gasteiger partial charge in [-0.1, -0.05) is 195 Å². The highest BCUT2D eigenvalue weighted by atomic mass is 35.5. The fraction of sp³-hybridized carbons (Fsp3) is 0.343. The van der Waals surface area contributed by atoms with E-state index in [0.717, 1.165) is 71.6 Å². The molecule has 9 heterocycles. The van der Waals surface area contributed by atoms with E-state index in [0.29, 0.717) is 60.0 Å². The summed E-state index contributed by atoms with van der Waals surface area (Å²) in [4.78, 5) is 68.7. The zero-order chi connectivity index (χ0) is 101. The Morgan fingerprint density at radius 3 is 1.36 bits per heavy atom. The summed E-state index contributed by atoms with van der Waals surface area (Å²) in [6, 6.07) is 60.2. The van der Waals surface area contributed by atoms with Gasteiger partial charge in [0.2, 0.25) is 47.6 Å². The van der Waals surface area contributed by atoms with Gasteiger partial charge in [0.25, 0.3) is 26.0 Å². The predicted octanol–water partition coefficient (Wildman–Crippen LogP) is 20.4. The smallest absolute Gasteiger partial charge is 0.478 e. The number of rotatable bonds is 25. The molecule has 2 amide bonds. The van der Waals surface area contributed by atoms with Crippen LogP contribution in [0, 0.1) is 64.8 Å². The highest BCUT2D eigenvalue weighted by molar-refractivity contribution is 7.90. The van der Waals surface area contributed by atoms with Crippen LogP contribution < -0.4 is 26.0 Å². The highest BCUT2D eigenvalue weighted by Crippen LogP contribution is 2.44. The fourth-order valence-corrected chi connectivity index (χ4v) is 16.9. The minimum Gasteiger partial charge on any atom is -0.478 e. The second-order valence-corrected chi connectivity index (χ2v) is 41.3. The Bertz CT molecular complexity index is 6340. The summed E-state index contributed by atoms with van der Waals surface area (Å²) in [6.45, 7) is 27.7. The first-order valence-electron chi connectivity index (χ1n) is 44.5. The van der Waals surface area contributed by atoms with E-state index in [1.165, 1.54) is 60.7 Å². The molecule has 1 saturated heterocycles. The Kier molecular flexibility index (Phi) is 38.5. The number of nitrogens with two attached hydrogens (primary N) is 1. The SMILES string of the molecule is CC(C)(C)OC(=O)N1C[C@@H](CCC(Nc2cccc(S(=O)(=O)NC(=O)c3cc(Cc4ccccc4)c(F)nc3F)n2)c2cc(C(C)(C)C)ccn2)CC1(C)C.CC1(C)CC[C@@H](CCC(Nc2cccc(S(N)(=O)=O)n2)c2cc(C(C)(C)C)ccn2)C1.ClCc1ccccc1.Fc1ccc(Cc2ccccc2)c(F)n1.O=C(O)c1cc(Cc2ccccc2)c(F)nc1F.OB(O)c1ccc(F)nc1F. The number of carbonyl (C=O) groups is 3. The topological polar surface area (TPSA) is 358 Å². The molecule has 1 aliphatic carbocycles. The third-order valence-corrected chi connectivity index (χ3v) is 24.8. The lowest BCUT2D eigenvalue weighted by Crippen LogP contribution is -2.45. The molecule has 2 aliphatic rings. The lowest BCUT2D eigenvalue weighted by molar-refractivity contribution is 0.0130. The molecule has 8 aromatic heterocycles. The number of nitrogens with zero attached hydrogens (tertiary/aromatic N) is 9. The largest absolute Gasteiger partial charge is 0.493 e. The summed E-state index contributed by atoms with van der Waals surface area (Å²) in [6.07, 6.45) is 11.7. The quantitative estimate of drug-likeness (QED) is 0.0121. The van der Waals surface area contributed by atoms with Gasteiger partial charge < -0.3 is 35.4 Å². The second kappa shape index (κ2) is 48.7. The normalized spacial score (nSPS) is 14.8. The first-order valence-corrected chi connectivity index (χ1v) is 48.0. The molecule has 1 saturated carbocycles. The molecule has 2 unspecified atom stereocenters. The maximum absolute atomic E-state index is 14.8. The number of benzene rings is 4. The van der Waals surface area contributed by atoms with Crippen molar-refractivity contribution in [3.05, 3.63) is 351 Å². The number of ether oxygens (including phenoxy) is 1. The maximum atomic E-state index is 14.8. The van der Waals surface area contributed by atoms with Gasteiger partial charge in [0.05, 0.1) is 29.0 Å². The maximum Gasteiger partial charge on any atom is 0.493 e. The molecule has 2 fully saturated rings. The molecule has 1 aliphatic heterocycles. The second-order valence-electron chi connectivity index (χ2n) is 37.9. The van der Waals surface area contributed by atoms with E-state index in [1.54, 1.807) is 83.9 Å². The number of amides is 2. The van der Waals surface area contributed by atoms with Crippen molar-refractivity contribution < 1.29 is 86.2 Å². The summed E-state index contributed by atoms with van der Waals surface area (Å²) >= 11 is 5.53. The van der Waals surface area contributed by atoms with Crippen LogP contribution in [0.25, 0.3) is 0 Å². The molecule has 732 valence electrons. The van der Waals surface area contributed by atoms with Crippen LogP contribution in [0.15, 0.2) is 241 Å². The van der Waals surface area contributed by atoms with Gasteiger partial charge in [-0.05, 0) is 226 Å². The number of likely N-dealkylation sites (tertiary alicyclic amines) is 1. The summed E-state index contributed by atoms with van der Waals surface area (Å²) < 4.78 is 164. The number of hydrogen-bond acceptors (Lipinski definition) is 20. The molecule has 0 spiro atoms. The number of primary sulfonamides is 1. The van der Waals surface area contributed by atoms with E-state index in [4.69, 9.17) is 36.6 Å².